The van der Waals surface area contributed by atoms with Gasteiger partial charge in [-0.2, -0.15) is 0 Å². The molecular weight excluding hydrogens is 352 g/mol. The number of nitrogens with zero attached hydrogens (tertiary/aromatic N) is 3. The second-order valence-electron chi connectivity index (χ2n) is 5.94. The average molecular weight is 379 g/mol. The standard InChI is InChI=1S/C19H27ClN4O2/c1-6-26-18-9-14(7-8-17(18)25-5)11-22-19(21-2)24(4)13-16-10-15(20)12-23(16)3/h7-10,12H,6,11,13H2,1-5H3,(H,21,22). The Balaban J connectivity index is 2.02. The molecule has 0 amide bonds. The van der Waals surface area contributed by atoms with Gasteiger partial charge in [-0.3, -0.25) is 4.99 Å². The van der Waals surface area contributed by atoms with Crippen LogP contribution in [0.3, 0.4) is 0 Å². The van der Waals surface area contributed by atoms with Gasteiger partial charge in [0, 0.05) is 39.6 Å². The van der Waals surface area contributed by atoms with Gasteiger partial charge in [-0.05, 0) is 30.7 Å². The molecule has 0 saturated carbocycles. The summed E-state index contributed by atoms with van der Waals surface area (Å²) in [5.41, 5.74) is 2.20. The predicted molar refractivity (Wildman–Crippen MR) is 106 cm³/mol. The van der Waals surface area contributed by atoms with E-state index >= 15 is 0 Å². The highest BCUT2D eigenvalue weighted by Crippen LogP contribution is 2.28. The summed E-state index contributed by atoms with van der Waals surface area (Å²) in [5, 5.41) is 4.11. The first-order chi connectivity index (χ1) is 12.5. The van der Waals surface area contributed by atoms with Crippen molar-refractivity contribution in [3.8, 4) is 11.5 Å². The first-order valence-electron chi connectivity index (χ1n) is 8.50. The number of rotatable bonds is 7. The van der Waals surface area contributed by atoms with E-state index in [1.807, 2.05) is 56.0 Å². The van der Waals surface area contributed by atoms with E-state index in [9.17, 15) is 0 Å². The first-order valence-corrected chi connectivity index (χ1v) is 8.88. The number of hydrogen-bond acceptors (Lipinski definition) is 3. The number of ether oxygens (including phenoxy) is 2. The number of aliphatic imine (C=N–C) groups is 1. The third-order valence-corrected chi connectivity index (χ3v) is 4.23. The molecule has 1 aromatic carbocycles. The van der Waals surface area contributed by atoms with Crippen LogP contribution in [0.25, 0.3) is 0 Å². The highest BCUT2D eigenvalue weighted by molar-refractivity contribution is 6.30. The van der Waals surface area contributed by atoms with Gasteiger partial charge in [-0.1, -0.05) is 17.7 Å². The molecule has 0 aliphatic rings. The summed E-state index contributed by atoms with van der Waals surface area (Å²) in [6.45, 7) is 3.89. The third kappa shape index (κ3) is 5.08. The molecule has 0 fully saturated rings. The van der Waals surface area contributed by atoms with Crippen LogP contribution in [0.5, 0.6) is 11.5 Å². The zero-order valence-corrected chi connectivity index (χ0v) is 16.8. The third-order valence-electron chi connectivity index (χ3n) is 4.03. The second-order valence-corrected chi connectivity index (χ2v) is 6.37. The summed E-state index contributed by atoms with van der Waals surface area (Å²) in [5.74, 6) is 2.28. The molecule has 2 rings (SSSR count). The maximum atomic E-state index is 6.06. The van der Waals surface area contributed by atoms with Gasteiger partial charge in [0.1, 0.15) is 0 Å². The summed E-state index contributed by atoms with van der Waals surface area (Å²) >= 11 is 6.06. The maximum absolute atomic E-state index is 6.06. The highest BCUT2D eigenvalue weighted by atomic mass is 35.5. The maximum Gasteiger partial charge on any atom is 0.194 e. The molecule has 1 heterocycles. The van der Waals surface area contributed by atoms with Gasteiger partial charge >= 0.3 is 0 Å². The molecule has 0 radical (unpaired) electrons. The van der Waals surface area contributed by atoms with E-state index in [0.717, 1.165) is 33.7 Å². The zero-order chi connectivity index (χ0) is 19.1. The van der Waals surface area contributed by atoms with Crippen LogP contribution in [-0.2, 0) is 20.1 Å². The number of benzene rings is 1. The van der Waals surface area contributed by atoms with E-state index in [1.54, 1.807) is 14.2 Å². The fourth-order valence-electron chi connectivity index (χ4n) is 2.71. The lowest BCUT2D eigenvalue weighted by Gasteiger charge is -2.22. The largest absolute Gasteiger partial charge is 0.493 e. The van der Waals surface area contributed by atoms with E-state index in [1.165, 1.54) is 0 Å². The minimum absolute atomic E-state index is 0.594. The summed E-state index contributed by atoms with van der Waals surface area (Å²) in [7, 11) is 7.40. The normalized spacial score (nSPS) is 11.4. The molecule has 0 aliphatic carbocycles. The van der Waals surface area contributed by atoms with E-state index in [4.69, 9.17) is 21.1 Å². The smallest absolute Gasteiger partial charge is 0.194 e. The highest BCUT2D eigenvalue weighted by Gasteiger charge is 2.11. The topological polar surface area (TPSA) is 51.0 Å². The molecule has 0 saturated heterocycles. The molecular formula is C19H27ClN4O2. The second kappa shape index (κ2) is 9.38. The molecule has 142 valence electrons. The fourth-order valence-corrected chi connectivity index (χ4v) is 2.98. The van der Waals surface area contributed by atoms with Crippen LogP contribution in [0.15, 0.2) is 35.5 Å². The molecule has 0 spiro atoms. The lowest BCUT2D eigenvalue weighted by atomic mass is 10.2. The number of hydrogen-bond donors (Lipinski definition) is 1. The lowest BCUT2D eigenvalue weighted by Crippen LogP contribution is -2.38. The van der Waals surface area contributed by atoms with Crippen LogP contribution in [0.1, 0.15) is 18.2 Å². The minimum atomic E-state index is 0.594. The molecule has 1 N–H and O–H groups in total. The Kier molecular flexibility index (Phi) is 7.21. The van der Waals surface area contributed by atoms with Crippen molar-refractivity contribution < 1.29 is 9.47 Å². The van der Waals surface area contributed by atoms with Gasteiger partial charge in [0.15, 0.2) is 17.5 Å². The van der Waals surface area contributed by atoms with Crippen molar-refractivity contribution in [1.29, 1.82) is 0 Å². The van der Waals surface area contributed by atoms with Gasteiger partial charge in [0.2, 0.25) is 0 Å². The first kappa shape index (κ1) is 20.0. The number of halogens is 1. The van der Waals surface area contributed by atoms with Crippen LogP contribution >= 0.6 is 11.6 Å². The molecule has 6 nitrogen and oxygen atoms in total. The van der Waals surface area contributed by atoms with Gasteiger partial charge in [-0.15, -0.1) is 0 Å². The Morgan fingerprint density at radius 2 is 2.08 bits per heavy atom. The van der Waals surface area contributed by atoms with E-state index in [2.05, 4.69) is 15.2 Å². The van der Waals surface area contributed by atoms with Crippen LogP contribution in [0.4, 0.5) is 0 Å². The Labute approximate surface area is 160 Å². The quantitative estimate of drug-likeness (QED) is 0.593. The molecule has 26 heavy (non-hydrogen) atoms. The van der Waals surface area contributed by atoms with E-state index < -0.39 is 0 Å². The number of guanidine groups is 1. The van der Waals surface area contributed by atoms with Crippen molar-refractivity contribution in [3.63, 3.8) is 0 Å². The van der Waals surface area contributed by atoms with Crippen molar-refractivity contribution in [2.75, 3.05) is 27.8 Å². The van der Waals surface area contributed by atoms with Crippen molar-refractivity contribution in [2.24, 2.45) is 12.0 Å². The lowest BCUT2D eigenvalue weighted by molar-refractivity contribution is 0.310. The van der Waals surface area contributed by atoms with Crippen LogP contribution < -0.4 is 14.8 Å². The average Bonchev–Trinajstić information content (AvgIpc) is 2.93. The summed E-state index contributed by atoms with van der Waals surface area (Å²) < 4.78 is 13.0. The molecule has 2 aromatic rings. The molecule has 0 atom stereocenters. The van der Waals surface area contributed by atoms with Crippen molar-refractivity contribution >= 4 is 17.6 Å². The fraction of sp³-hybridized carbons (Fsp3) is 0.421. The van der Waals surface area contributed by atoms with Gasteiger partial charge in [-0.25, -0.2) is 0 Å². The Morgan fingerprint density at radius 1 is 1.31 bits per heavy atom. The molecule has 0 aliphatic heterocycles. The summed E-state index contributed by atoms with van der Waals surface area (Å²) in [6.07, 6.45) is 1.90. The Morgan fingerprint density at radius 3 is 2.65 bits per heavy atom. The van der Waals surface area contributed by atoms with Crippen molar-refractivity contribution in [2.45, 2.75) is 20.0 Å². The number of methoxy groups -OCH3 is 1. The van der Waals surface area contributed by atoms with Gasteiger partial charge in [0.25, 0.3) is 0 Å². The number of aromatic nitrogens is 1. The SMILES string of the molecule is CCOc1cc(CNC(=NC)N(C)Cc2cc(Cl)cn2C)ccc1OC. The van der Waals surface area contributed by atoms with E-state index in [-0.39, 0.29) is 0 Å². The Bertz CT molecular complexity index is 758. The van der Waals surface area contributed by atoms with Gasteiger partial charge < -0.3 is 24.3 Å². The van der Waals surface area contributed by atoms with Crippen LogP contribution in [0, 0.1) is 0 Å². The molecule has 7 heteroatoms. The summed E-state index contributed by atoms with van der Waals surface area (Å²) in [4.78, 5) is 6.42. The predicted octanol–water partition coefficient (Wildman–Crippen LogP) is 3.29. The monoisotopic (exact) mass is 378 g/mol. The zero-order valence-electron chi connectivity index (χ0n) is 16.0. The number of aryl methyl sites for hydroxylation is 1. The van der Waals surface area contributed by atoms with Gasteiger partial charge in [0.05, 0.1) is 25.3 Å². The Hall–Kier alpha value is -2.34. The minimum Gasteiger partial charge on any atom is -0.493 e. The van der Waals surface area contributed by atoms with Crippen molar-refractivity contribution in [1.82, 2.24) is 14.8 Å². The molecule has 0 unspecified atom stereocenters. The van der Waals surface area contributed by atoms with Crippen molar-refractivity contribution in [3.05, 3.63) is 46.7 Å². The molecule has 0 bridgehead atoms. The molecule has 1 aromatic heterocycles. The van der Waals surface area contributed by atoms with Crippen LogP contribution in [-0.4, -0.2) is 43.2 Å². The van der Waals surface area contributed by atoms with E-state index in [0.29, 0.717) is 19.7 Å². The summed E-state index contributed by atoms with van der Waals surface area (Å²) in [6, 6.07) is 7.88. The number of nitrogens with one attached hydrogen (secondary N) is 1. The van der Waals surface area contributed by atoms with Crippen LogP contribution in [0.2, 0.25) is 5.02 Å².